The quantitative estimate of drug-likeness (QED) is 0.698. The lowest BCUT2D eigenvalue weighted by Crippen LogP contribution is -2.32. The van der Waals surface area contributed by atoms with E-state index >= 15 is 0 Å². The molecule has 0 spiro atoms. The zero-order valence-electron chi connectivity index (χ0n) is 13.9. The smallest absolute Gasteiger partial charge is 0.321 e. The van der Waals surface area contributed by atoms with Crippen molar-refractivity contribution < 1.29 is 22.7 Å². The highest BCUT2D eigenvalue weighted by Crippen LogP contribution is 2.20. The summed E-state index contributed by atoms with van der Waals surface area (Å²) in [5.74, 6) is -1.47. The van der Waals surface area contributed by atoms with Crippen LogP contribution in [-0.2, 0) is 24.3 Å². The van der Waals surface area contributed by atoms with Crippen molar-refractivity contribution in [2.75, 3.05) is 18.5 Å². The molecule has 0 fully saturated rings. The first-order valence-corrected chi connectivity index (χ1v) is 9.40. The first-order valence-electron chi connectivity index (χ1n) is 7.54. The van der Waals surface area contributed by atoms with Gasteiger partial charge in [-0.3, -0.25) is 9.59 Å². The summed E-state index contributed by atoms with van der Waals surface area (Å²) in [5, 5.41) is 2.83. The molecule has 0 aliphatic carbocycles. The molecule has 0 aliphatic rings. The van der Waals surface area contributed by atoms with Crippen LogP contribution in [0.2, 0.25) is 5.02 Å². The summed E-state index contributed by atoms with van der Waals surface area (Å²) in [5.41, 5.74) is 1.29. The average molecular weight is 397 g/mol. The van der Waals surface area contributed by atoms with Crippen LogP contribution in [0.15, 0.2) is 53.4 Å². The number of aryl methyl sites for hydroxylation is 1. The Kier molecular flexibility index (Phi) is 6.73. The van der Waals surface area contributed by atoms with Gasteiger partial charge in [-0.25, -0.2) is 8.42 Å². The number of carbonyl (C=O) groups is 2. The number of sulfonamides is 1. The van der Waals surface area contributed by atoms with Gasteiger partial charge in [0.05, 0.1) is 15.6 Å². The van der Waals surface area contributed by atoms with Crippen molar-refractivity contribution in [1.29, 1.82) is 0 Å². The number of carbonyl (C=O) groups excluding carboxylic acids is 2. The van der Waals surface area contributed by atoms with Gasteiger partial charge in [0, 0.05) is 0 Å². The minimum Gasteiger partial charge on any atom is -0.455 e. The fraction of sp³-hybridized carbons (Fsp3) is 0.176. The number of ether oxygens (including phenoxy) is 1. The minimum atomic E-state index is -3.83. The predicted molar refractivity (Wildman–Crippen MR) is 97.4 cm³/mol. The van der Waals surface area contributed by atoms with Crippen molar-refractivity contribution in [3.63, 3.8) is 0 Å². The molecule has 0 aliphatic heterocycles. The van der Waals surface area contributed by atoms with Crippen LogP contribution in [0.5, 0.6) is 0 Å². The van der Waals surface area contributed by atoms with Crippen LogP contribution in [0, 0.1) is 6.92 Å². The van der Waals surface area contributed by atoms with E-state index in [0.717, 1.165) is 5.56 Å². The molecule has 0 bridgehead atoms. The number of hydrogen-bond donors (Lipinski definition) is 2. The highest BCUT2D eigenvalue weighted by Gasteiger charge is 2.16. The van der Waals surface area contributed by atoms with Crippen molar-refractivity contribution in [2.45, 2.75) is 11.8 Å². The molecular weight excluding hydrogens is 380 g/mol. The molecule has 9 heteroatoms. The molecule has 138 valence electrons. The second-order valence-corrected chi connectivity index (χ2v) is 7.50. The van der Waals surface area contributed by atoms with Gasteiger partial charge in [0.15, 0.2) is 6.61 Å². The summed E-state index contributed by atoms with van der Waals surface area (Å²) in [6.07, 6.45) is 0. The third kappa shape index (κ3) is 5.83. The number of anilines is 1. The number of hydrogen-bond acceptors (Lipinski definition) is 5. The number of para-hydroxylation sites is 1. The van der Waals surface area contributed by atoms with Crippen LogP contribution in [0.3, 0.4) is 0 Å². The van der Waals surface area contributed by atoms with Crippen molar-refractivity contribution >= 4 is 39.2 Å². The van der Waals surface area contributed by atoms with Crippen LogP contribution < -0.4 is 10.0 Å². The van der Waals surface area contributed by atoms with E-state index in [1.807, 2.05) is 6.92 Å². The Bertz CT molecular complexity index is 898. The molecule has 2 aromatic rings. The van der Waals surface area contributed by atoms with E-state index < -0.39 is 35.1 Å². The molecule has 0 saturated carbocycles. The standard InChI is InChI=1S/C17H17ClN2O5S/c1-12-6-8-13(9-7-12)26(23,24)19-10-17(22)25-11-16(21)20-15-5-3-2-4-14(15)18/h2-9,19H,10-11H2,1H3,(H,20,21). The van der Waals surface area contributed by atoms with Gasteiger partial charge in [-0.05, 0) is 31.2 Å². The molecule has 0 radical (unpaired) electrons. The molecule has 26 heavy (non-hydrogen) atoms. The van der Waals surface area contributed by atoms with Crippen LogP contribution in [0.1, 0.15) is 5.56 Å². The Labute approximate surface area is 156 Å². The lowest BCUT2D eigenvalue weighted by Gasteiger charge is -2.09. The number of amides is 1. The van der Waals surface area contributed by atoms with Crippen molar-refractivity contribution in [3.05, 3.63) is 59.1 Å². The molecule has 2 aromatic carbocycles. The summed E-state index contributed by atoms with van der Waals surface area (Å²) in [6, 6.07) is 12.7. The van der Waals surface area contributed by atoms with Crippen LogP contribution in [0.4, 0.5) is 5.69 Å². The van der Waals surface area contributed by atoms with Gasteiger partial charge in [0.1, 0.15) is 6.54 Å². The second kappa shape index (κ2) is 8.79. The number of halogens is 1. The topological polar surface area (TPSA) is 102 Å². The summed E-state index contributed by atoms with van der Waals surface area (Å²) in [4.78, 5) is 23.4. The molecule has 0 aromatic heterocycles. The second-order valence-electron chi connectivity index (χ2n) is 5.33. The monoisotopic (exact) mass is 396 g/mol. The molecular formula is C17H17ClN2O5S. The lowest BCUT2D eigenvalue weighted by molar-refractivity contribution is -0.146. The Hall–Kier alpha value is -2.42. The van der Waals surface area contributed by atoms with Gasteiger partial charge in [-0.2, -0.15) is 4.72 Å². The largest absolute Gasteiger partial charge is 0.455 e. The SMILES string of the molecule is Cc1ccc(S(=O)(=O)NCC(=O)OCC(=O)Nc2ccccc2Cl)cc1. The van der Waals surface area contributed by atoms with Gasteiger partial charge < -0.3 is 10.1 Å². The maximum Gasteiger partial charge on any atom is 0.321 e. The van der Waals surface area contributed by atoms with Crippen molar-refractivity contribution in [3.8, 4) is 0 Å². The third-order valence-electron chi connectivity index (χ3n) is 3.25. The Morgan fingerprint density at radius 3 is 2.38 bits per heavy atom. The zero-order valence-corrected chi connectivity index (χ0v) is 15.4. The van der Waals surface area contributed by atoms with Gasteiger partial charge in [-0.15, -0.1) is 0 Å². The summed E-state index contributed by atoms with van der Waals surface area (Å²) in [7, 11) is -3.83. The van der Waals surface area contributed by atoms with E-state index in [1.165, 1.54) is 12.1 Å². The van der Waals surface area contributed by atoms with E-state index in [0.29, 0.717) is 10.7 Å². The lowest BCUT2D eigenvalue weighted by atomic mass is 10.2. The summed E-state index contributed by atoms with van der Waals surface area (Å²) < 4.78 is 31.0. The fourth-order valence-electron chi connectivity index (χ4n) is 1.90. The third-order valence-corrected chi connectivity index (χ3v) is 5.00. The molecule has 0 atom stereocenters. The van der Waals surface area contributed by atoms with Gasteiger partial charge in [0.25, 0.3) is 5.91 Å². The maximum absolute atomic E-state index is 12.1. The number of esters is 1. The maximum atomic E-state index is 12.1. The van der Waals surface area contributed by atoms with Gasteiger partial charge >= 0.3 is 5.97 Å². The van der Waals surface area contributed by atoms with E-state index in [2.05, 4.69) is 10.0 Å². The molecule has 0 saturated heterocycles. The fourth-order valence-corrected chi connectivity index (χ4v) is 3.05. The number of nitrogens with one attached hydrogen (secondary N) is 2. The highest BCUT2D eigenvalue weighted by molar-refractivity contribution is 7.89. The molecule has 0 heterocycles. The summed E-state index contributed by atoms with van der Waals surface area (Å²) in [6.45, 7) is 0.681. The summed E-state index contributed by atoms with van der Waals surface area (Å²) >= 11 is 5.90. The molecule has 0 unspecified atom stereocenters. The predicted octanol–water partition coefficient (Wildman–Crippen LogP) is 2.11. The van der Waals surface area contributed by atoms with E-state index in [9.17, 15) is 18.0 Å². The molecule has 7 nitrogen and oxygen atoms in total. The average Bonchev–Trinajstić information content (AvgIpc) is 2.60. The van der Waals surface area contributed by atoms with Gasteiger partial charge in [0.2, 0.25) is 10.0 Å². The van der Waals surface area contributed by atoms with Crippen molar-refractivity contribution in [1.82, 2.24) is 4.72 Å². The van der Waals surface area contributed by atoms with Crippen LogP contribution >= 0.6 is 11.6 Å². The molecule has 2 rings (SSSR count). The number of benzene rings is 2. The first kappa shape index (κ1) is 19.9. The van der Waals surface area contributed by atoms with Crippen LogP contribution in [0.25, 0.3) is 0 Å². The van der Waals surface area contributed by atoms with E-state index in [-0.39, 0.29) is 4.90 Å². The van der Waals surface area contributed by atoms with Crippen LogP contribution in [-0.4, -0.2) is 33.4 Å². The highest BCUT2D eigenvalue weighted by atomic mass is 35.5. The molecule has 1 amide bonds. The zero-order chi connectivity index (χ0) is 19.2. The first-order chi connectivity index (χ1) is 12.3. The van der Waals surface area contributed by atoms with Gasteiger partial charge in [-0.1, -0.05) is 41.4 Å². The Morgan fingerprint density at radius 2 is 1.73 bits per heavy atom. The van der Waals surface area contributed by atoms with E-state index in [4.69, 9.17) is 16.3 Å². The number of rotatable bonds is 7. The normalized spacial score (nSPS) is 11.0. The Morgan fingerprint density at radius 1 is 1.08 bits per heavy atom. The van der Waals surface area contributed by atoms with E-state index in [1.54, 1.807) is 36.4 Å². The molecule has 2 N–H and O–H groups in total. The minimum absolute atomic E-state index is 0.0346. The van der Waals surface area contributed by atoms with Crippen molar-refractivity contribution in [2.24, 2.45) is 0 Å². The Balaban J connectivity index is 1.80.